The van der Waals surface area contributed by atoms with Crippen molar-refractivity contribution in [2.24, 2.45) is 5.92 Å². The van der Waals surface area contributed by atoms with Gasteiger partial charge in [0.25, 0.3) is 0 Å². The van der Waals surface area contributed by atoms with E-state index in [1.54, 1.807) is 0 Å². The lowest BCUT2D eigenvalue weighted by atomic mass is 9.96. The summed E-state index contributed by atoms with van der Waals surface area (Å²) >= 11 is 0. The van der Waals surface area contributed by atoms with Crippen LogP contribution in [0.25, 0.3) is 0 Å². The predicted octanol–water partition coefficient (Wildman–Crippen LogP) is 6.10. The van der Waals surface area contributed by atoms with Gasteiger partial charge in [0.1, 0.15) is 0 Å². The Bertz CT molecular complexity index is 156. The quantitative estimate of drug-likeness (QED) is 0.357. The summed E-state index contributed by atoms with van der Waals surface area (Å²) in [5.74, 6) is 0.925. The molecule has 0 aliphatic heterocycles. The minimum atomic E-state index is 0.370. The molecule has 0 radical (unpaired) electrons. The fourth-order valence-corrected chi connectivity index (χ4v) is 2.73. The van der Waals surface area contributed by atoms with E-state index in [9.17, 15) is 0 Å². The minimum Gasteiger partial charge on any atom is -0.396 e. The second kappa shape index (κ2) is 16.0. The Kier molecular flexibility index (Phi) is 16.0. The largest absolute Gasteiger partial charge is 0.396 e. The van der Waals surface area contributed by atoms with E-state index in [1.165, 1.54) is 83.5 Å². The van der Waals surface area contributed by atoms with E-state index in [0.29, 0.717) is 6.61 Å². The maximum absolute atomic E-state index is 8.70. The molecule has 0 spiro atoms. The molecule has 1 unspecified atom stereocenters. The molecule has 1 N–H and O–H groups in total. The van der Waals surface area contributed by atoms with Crippen LogP contribution in [0, 0.1) is 5.92 Å². The third-order valence-corrected chi connectivity index (χ3v) is 4.16. The average molecular weight is 271 g/mol. The molecule has 1 nitrogen and oxygen atoms in total. The van der Waals surface area contributed by atoms with Gasteiger partial charge in [-0.15, -0.1) is 0 Å². The fourth-order valence-electron chi connectivity index (χ4n) is 2.73. The van der Waals surface area contributed by atoms with Crippen LogP contribution in [-0.2, 0) is 0 Å². The first-order valence-electron chi connectivity index (χ1n) is 8.92. The molecule has 1 heteroatoms. The van der Waals surface area contributed by atoms with Crippen molar-refractivity contribution < 1.29 is 5.11 Å². The summed E-state index contributed by atoms with van der Waals surface area (Å²) in [7, 11) is 0. The molecule has 0 aliphatic carbocycles. The molecule has 0 bridgehead atoms. The zero-order valence-corrected chi connectivity index (χ0v) is 13.6. The second-order valence-corrected chi connectivity index (χ2v) is 6.30. The van der Waals surface area contributed by atoms with Gasteiger partial charge >= 0.3 is 0 Å². The highest BCUT2D eigenvalue weighted by atomic mass is 16.2. The number of hydrogen-bond acceptors (Lipinski definition) is 1. The maximum Gasteiger partial charge on any atom is 0.0431 e. The molecule has 0 aromatic rings. The van der Waals surface area contributed by atoms with Crippen molar-refractivity contribution >= 4 is 0 Å². The number of unbranched alkanes of at least 4 members (excludes halogenated alkanes) is 10. The van der Waals surface area contributed by atoms with E-state index < -0.39 is 0 Å². The molecule has 0 aromatic carbocycles. The van der Waals surface area contributed by atoms with Crippen LogP contribution in [0.3, 0.4) is 0 Å². The van der Waals surface area contributed by atoms with Gasteiger partial charge in [-0.25, -0.2) is 0 Å². The van der Waals surface area contributed by atoms with Gasteiger partial charge in [0.15, 0.2) is 0 Å². The number of hydrogen-bond donors (Lipinski definition) is 1. The smallest absolute Gasteiger partial charge is 0.0431 e. The number of aliphatic hydroxyl groups is 1. The van der Waals surface area contributed by atoms with Crippen LogP contribution >= 0.6 is 0 Å². The first kappa shape index (κ1) is 19.0. The first-order valence-corrected chi connectivity index (χ1v) is 8.92. The fraction of sp³-hybridized carbons (Fsp3) is 1.00. The van der Waals surface area contributed by atoms with E-state index in [1.807, 2.05) is 0 Å². The SMILES string of the molecule is CCCCCCCCCC(C)CCCCCCCO. The highest BCUT2D eigenvalue weighted by Crippen LogP contribution is 2.18. The second-order valence-electron chi connectivity index (χ2n) is 6.30. The van der Waals surface area contributed by atoms with Gasteiger partial charge in [-0.3, -0.25) is 0 Å². The standard InChI is InChI=1S/C18H38O/c1-3-4-5-6-7-9-12-15-18(2)16-13-10-8-11-14-17-19/h18-19H,3-17H2,1-2H3. The highest BCUT2D eigenvalue weighted by Gasteiger charge is 2.02. The van der Waals surface area contributed by atoms with Crippen LogP contribution in [0.4, 0.5) is 0 Å². The number of rotatable bonds is 15. The lowest BCUT2D eigenvalue weighted by Crippen LogP contribution is -1.95. The molecule has 0 saturated carbocycles. The zero-order valence-electron chi connectivity index (χ0n) is 13.6. The monoisotopic (exact) mass is 270 g/mol. The Morgan fingerprint density at radius 2 is 1.05 bits per heavy atom. The van der Waals surface area contributed by atoms with Crippen LogP contribution in [0.1, 0.15) is 104 Å². The third-order valence-electron chi connectivity index (χ3n) is 4.16. The molecule has 0 heterocycles. The highest BCUT2D eigenvalue weighted by molar-refractivity contribution is 4.55. The predicted molar refractivity (Wildman–Crippen MR) is 86.6 cm³/mol. The molecule has 0 aliphatic rings. The molecule has 0 amide bonds. The molecule has 0 saturated heterocycles. The summed E-state index contributed by atoms with van der Waals surface area (Å²) in [6.45, 7) is 5.07. The molecule has 0 aromatic heterocycles. The molecular weight excluding hydrogens is 232 g/mol. The van der Waals surface area contributed by atoms with Crippen molar-refractivity contribution in [3.8, 4) is 0 Å². The van der Waals surface area contributed by atoms with Crippen LogP contribution in [0.5, 0.6) is 0 Å². The van der Waals surface area contributed by atoms with Crippen molar-refractivity contribution in [1.29, 1.82) is 0 Å². The van der Waals surface area contributed by atoms with E-state index in [4.69, 9.17) is 5.11 Å². The van der Waals surface area contributed by atoms with Gasteiger partial charge < -0.3 is 5.11 Å². The number of aliphatic hydroxyl groups excluding tert-OH is 1. The van der Waals surface area contributed by atoms with Crippen molar-refractivity contribution in [2.45, 2.75) is 104 Å². The average Bonchev–Trinajstić information content (AvgIpc) is 2.41. The third kappa shape index (κ3) is 15.9. The van der Waals surface area contributed by atoms with Crippen LogP contribution in [-0.4, -0.2) is 11.7 Å². The Morgan fingerprint density at radius 1 is 0.632 bits per heavy atom. The lowest BCUT2D eigenvalue weighted by molar-refractivity contribution is 0.282. The zero-order chi connectivity index (χ0) is 14.2. The molecular formula is C18H38O. The summed E-state index contributed by atoms with van der Waals surface area (Å²) in [5.41, 5.74) is 0. The van der Waals surface area contributed by atoms with Gasteiger partial charge in [0.05, 0.1) is 0 Å². The van der Waals surface area contributed by atoms with Crippen molar-refractivity contribution in [3.05, 3.63) is 0 Å². The van der Waals surface area contributed by atoms with Gasteiger partial charge in [0.2, 0.25) is 0 Å². The van der Waals surface area contributed by atoms with Crippen molar-refractivity contribution in [2.75, 3.05) is 6.61 Å². The van der Waals surface area contributed by atoms with Gasteiger partial charge in [-0.2, -0.15) is 0 Å². The molecule has 0 fully saturated rings. The van der Waals surface area contributed by atoms with Crippen LogP contribution in [0.2, 0.25) is 0 Å². The Balaban J connectivity index is 3.10. The first-order chi connectivity index (χ1) is 9.31. The van der Waals surface area contributed by atoms with E-state index in [2.05, 4.69) is 13.8 Å². The van der Waals surface area contributed by atoms with Crippen LogP contribution < -0.4 is 0 Å². The molecule has 116 valence electrons. The Hall–Kier alpha value is -0.0400. The lowest BCUT2D eigenvalue weighted by Gasteiger charge is -2.11. The van der Waals surface area contributed by atoms with Gasteiger partial charge in [0, 0.05) is 6.61 Å². The maximum atomic E-state index is 8.70. The molecule has 0 rings (SSSR count). The minimum absolute atomic E-state index is 0.370. The summed E-state index contributed by atoms with van der Waals surface area (Å²) < 4.78 is 0. The summed E-state index contributed by atoms with van der Waals surface area (Å²) in [6, 6.07) is 0. The molecule has 19 heavy (non-hydrogen) atoms. The molecule has 1 atom stereocenters. The summed E-state index contributed by atoms with van der Waals surface area (Å²) in [4.78, 5) is 0. The normalized spacial score (nSPS) is 12.8. The van der Waals surface area contributed by atoms with Gasteiger partial charge in [-0.05, 0) is 12.3 Å². The topological polar surface area (TPSA) is 20.2 Å². The van der Waals surface area contributed by atoms with E-state index in [-0.39, 0.29) is 0 Å². The summed E-state index contributed by atoms with van der Waals surface area (Å²) in [5, 5.41) is 8.70. The van der Waals surface area contributed by atoms with Crippen LogP contribution in [0.15, 0.2) is 0 Å². The van der Waals surface area contributed by atoms with Crippen molar-refractivity contribution in [3.63, 3.8) is 0 Å². The van der Waals surface area contributed by atoms with E-state index >= 15 is 0 Å². The van der Waals surface area contributed by atoms with Gasteiger partial charge in [-0.1, -0.05) is 97.3 Å². The summed E-state index contributed by atoms with van der Waals surface area (Å²) in [6.07, 6.45) is 19.1. The Labute approximate surface area is 122 Å². The Morgan fingerprint density at radius 3 is 1.53 bits per heavy atom. The van der Waals surface area contributed by atoms with E-state index in [0.717, 1.165) is 12.3 Å². The van der Waals surface area contributed by atoms with Crippen molar-refractivity contribution in [1.82, 2.24) is 0 Å².